The van der Waals surface area contributed by atoms with Gasteiger partial charge in [-0.05, 0) is 53.6 Å². The van der Waals surface area contributed by atoms with Crippen molar-refractivity contribution in [2.24, 2.45) is 5.84 Å². The maximum atomic E-state index is 11.4. The second-order valence-corrected chi connectivity index (χ2v) is 5.06. The summed E-state index contributed by atoms with van der Waals surface area (Å²) in [6.07, 6.45) is 1.11. The quantitative estimate of drug-likeness (QED) is 0.430. The number of carbonyl (C=O) groups excluding carboxylic acids is 1. The van der Waals surface area contributed by atoms with Gasteiger partial charge in [0.15, 0.2) is 5.76 Å². The lowest BCUT2D eigenvalue weighted by atomic mass is 10.2. The standard InChI is InChI=1S/C13H24N4O2/c1-10-11(8-12(19-10)13(18)15-14)9-17(4)7-5-6-16(2)3/h8H,5-7,9,14H2,1-4H3,(H,15,18). The molecule has 0 aliphatic rings. The zero-order valence-electron chi connectivity index (χ0n) is 12.2. The number of aryl methyl sites for hydroxylation is 1. The zero-order valence-corrected chi connectivity index (χ0v) is 12.2. The number of nitrogens with two attached hydrogens (primary N) is 1. The maximum absolute atomic E-state index is 11.4. The molecule has 6 nitrogen and oxygen atoms in total. The highest BCUT2D eigenvalue weighted by Crippen LogP contribution is 2.16. The van der Waals surface area contributed by atoms with E-state index < -0.39 is 5.91 Å². The molecule has 0 atom stereocenters. The largest absolute Gasteiger partial charge is 0.456 e. The molecule has 0 bridgehead atoms. The molecular weight excluding hydrogens is 244 g/mol. The first kappa shape index (κ1) is 15.7. The average molecular weight is 268 g/mol. The van der Waals surface area contributed by atoms with E-state index in [0.29, 0.717) is 0 Å². The van der Waals surface area contributed by atoms with Crippen molar-refractivity contribution >= 4 is 5.91 Å². The molecule has 6 heteroatoms. The SMILES string of the molecule is Cc1oc(C(=O)NN)cc1CN(C)CCCN(C)C. The minimum absolute atomic E-state index is 0.261. The summed E-state index contributed by atoms with van der Waals surface area (Å²) in [4.78, 5) is 15.7. The Morgan fingerprint density at radius 3 is 2.63 bits per heavy atom. The Bertz CT molecular complexity index is 415. The van der Waals surface area contributed by atoms with E-state index in [1.807, 2.05) is 6.92 Å². The van der Waals surface area contributed by atoms with Crippen LogP contribution in [0.4, 0.5) is 0 Å². The Morgan fingerprint density at radius 2 is 2.05 bits per heavy atom. The Morgan fingerprint density at radius 1 is 1.37 bits per heavy atom. The van der Waals surface area contributed by atoms with Gasteiger partial charge in [0, 0.05) is 12.1 Å². The van der Waals surface area contributed by atoms with Gasteiger partial charge in [-0.3, -0.25) is 10.2 Å². The molecule has 1 aromatic heterocycles. The van der Waals surface area contributed by atoms with Gasteiger partial charge in [0.2, 0.25) is 0 Å². The molecule has 0 saturated carbocycles. The number of hydrogen-bond acceptors (Lipinski definition) is 5. The van der Waals surface area contributed by atoms with Crippen LogP contribution in [-0.2, 0) is 6.54 Å². The van der Waals surface area contributed by atoms with Gasteiger partial charge < -0.3 is 14.2 Å². The minimum atomic E-state index is -0.399. The van der Waals surface area contributed by atoms with Crippen molar-refractivity contribution in [2.45, 2.75) is 19.9 Å². The van der Waals surface area contributed by atoms with Gasteiger partial charge in [0.05, 0.1) is 0 Å². The summed E-state index contributed by atoms with van der Waals surface area (Å²) >= 11 is 0. The lowest BCUT2D eigenvalue weighted by Gasteiger charge is -2.17. The number of furan rings is 1. The molecule has 1 heterocycles. The highest BCUT2D eigenvalue weighted by atomic mass is 16.4. The third kappa shape index (κ3) is 5.02. The fraction of sp³-hybridized carbons (Fsp3) is 0.615. The van der Waals surface area contributed by atoms with Gasteiger partial charge in [-0.15, -0.1) is 0 Å². The van der Waals surface area contributed by atoms with Crippen molar-refractivity contribution in [1.82, 2.24) is 15.2 Å². The van der Waals surface area contributed by atoms with Crippen molar-refractivity contribution in [3.63, 3.8) is 0 Å². The smallest absolute Gasteiger partial charge is 0.300 e. The van der Waals surface area contributed by atoms with E-state index in [2.05, 4.69) is 36.4 Å². The molecule has 1 amide bonds. The number of hydrogen-bond donors (Lipinski definition) is 2. The molecular formula is C13H24N4O2. The number of carbonyl (C=O) groups is 1. The van der Waals surface area contributed by atoms with Crippen LogP contribution >= 0.6 is 0 Å². The Balaban J connectivity index is 2.52. The molecule has 0 radical (unpaired) electrons. The van der Waals surface area contributed by atoms with Crippen molar-refractivity contribution in [3.8, 4) is 0 Å². The number of nitrogens with zero attached hydrogens (tertiary/aromatic N) is 2. The summed E-state index contributed by atoms with van der Waals surface area (Å²) < 4.78 is 5.38. The zero-order chi connectivity index (χ0) is 14.4. The summed E-state index contributed by atoms with van der Waals surface area (Å²) in [5.74, 6) is 5.71. The Labute approximate surface area is 114 Å². The topological polar surface area (TPSA) is 74.7 Å². The van der Waals surface area contributed by atoms with E-state index in [1.54, 1.807) is 6.07 Å². The van der Waals surface area contributed by atoms with Crippen LogP contribution in [-0.4, -0.2) is 49.9 Å². The van der Waals surface area contributed by atoms with Gasteiger partial charge >= 0.3 is 5.91 Å². The van der Waals surface area contributed by atoms with Gasteiger partial charge in [0.25, 0.3) is 0 Å². The van der Waals surface area contributed by atoms with E-state index in [4.69, 9.17) is 10.3 Å². The third-order valence-electron chi connectivity index (χ3n) is 2.96. The monoisotopic (exact) mass is 268 g/mol. The molecule has 108 valence electrons. The van der Waals surface area contributed by atoms with Crippen molar-refractivity contribution < 1.29 is 9.21 Å². The van der Waals surface area contributed by atoms with Crippen LogP contribution in [0.1, 0.15) is 28.3 Å². The van der Waals surface area contributed by atoms with Crippen molar-refractivity contribution in [1.29, 1.82) is 0 Å². The highest BCUT2D eigenvalue weighted by molar-refractivity contribution is 5.91. The summed E-state index contributed by atoms with van der Waals surface area (Å²) in [7, 11) is 6.20. The molecule has 0 saturated heterocycles. The second kappa shape index (κ2) is 7.28. The average Bonchev–Trinajstić information content (AvgIpc) is 2.69. The molecule has 19 heavy (non-hydrogen) atoms. The molecule has 0 aromatic carbocycles. The summed E-state index contributed by atoms with van der Waals surface area (Å²) in [5.41, 5.74) is 3.09. The first-order valence-corrected chi connectivity index (χ1v) is 6.37. The molecule has 0 spiro atoms. The van der Waals surface area contributed by atoms with E-state index in [0.717, 1.165) is 37.4 Å². The van der Waals surface area contributed by atoms with E-state index >= 15 is 0 Å². The van der Waals surface area contributed by atoms with Crippen LogP contribution in [0.3, 0.4) is 0 Å². The van der Waals surface area contributed by atoms with E-state index in [-0.39, 0.29) is 5.76 Å². The minimum Gasteiger partial charge on any atom is -0.456 e. The molecule has 1 rings (SSSR count). The number of amides is 1. The van der Waals surface area contributed by atoms with Crippen LogP contribution in [0.15, 0.2) is 10.5 Å². The first-order chi connectivity index (χ1) is 8.93. The number of nitrogen functional groups attached to an aromatic ring is 1. The Hall–Kier alpha value is -1.37. The predicted molar refractivity (Wildman–Crippen MR) is 74.6 cm³/mol. The lowest BCUT2D eigenvalue weighted by Crippen LogP contribution is -2.29. The van der Waals surface area contributed by atoms with Gasteiger partial charge in [-0.2, -0.15) is 0 Å². The van der Waals surface area contributed by atoms with Gasteiger partial charge in [-0.25, -0.2) is 5.84 Å². The lowest BCUT2D eigenvalue weighted by molar-refractivity contribution is 0.0924. The van der Waals surface area contributed by atoms with Gasteiger partial charge in [0.1, 0.15) is 5.76 Å². The van der Waals surface area contributed by atoms with Crippen LogP contribution in [0.25, 0.3) is 0 Å². The summed E-state index contributed by atoms with van der Waals surface area (Å²) in [6.45, 7) is 4.69. The second-order valence-electron chi connectivity index (χ2n) is 5.06. The van der Waals surface area contributed by atoms with Crippen molar-refractivity contribution in [2.75, 3.05) is 34.2 Å². The van der Waals surface area contributed by atoms with Crippen LogP contribution < -0.4 is 11.3 Å². The molecule has 0 unspecified atom stereocenters. The molecule has 1 aromatic rings. The number of nitrogens with one attached hydrogen (secondary N) is 1. The van der Waals surface area contributed by atoms with Crippen molar-refractivity contribution in [3.05, 3.63) is 23.2 Å². The first-order valence-electron chi connectivity index (χ1n) is 6.37. The fourth-order valence-electron chi connectivity index (χ4n) is 1.89. The molecule has 0 aliphatic heterocycles. The Kier molecular flexibility index (Phi) is 6.01. The van der Waals surface area contributed by atoms with E-state index in [1.165, 1.54) is 0 Å². The summed E-state index contributed by atoms with van der Waals surface area (Å²) in [5, 5.41) is 0. The normalized spacial score (nSPS) is 11.3. The van der Waals surface area contributed by atoms with Crippen LogP contribution in [0, 0.1) is 6.92 Å². The molecule has 3 N–H and O–H groups in total. The number of rotatable bonds is 7. The van der Waals surface area contributed by atoms with Crippen LogP contribution in [0.2, 0.25) is 0 Å². The maximum Gasteiger partial charge on any atom is 0.300 e. The molecule has 0 fully saturated rings. The highest BCUT2D eigenvalue weighted by Gasteiger charge is 2.14. The predicted octanol–water partition coefficient (Wildman–Crippen LogP) is 0.575. The number of hydrazine groups is 1. The van der Waals surface area contributed by atoms with Crippen LogP contribution in [0.5, 0.6) is 0 Å². The van der Waals surface area contributed by atoms with E-state index in [9.17, 15) is 4.79 Å². The molecule has 0 aliphatic carbocycles. The summed E-state index contributed by atoms with van der Waals surface area (Å²) in [6, 6.07) is 1.75. The third-order valence-corrected chi connectivity index (χ3v) is 2.96. The fourth-order valence-corrected chi connectivity index (χ4v) is 1.89. The van der Waals surface area contributed by atoms with Gasteiger partial charge in [-0.1, -0.05) is 0 Å².